The van der Waals surface area contributed by atoms with E-state index in [1.165, 1.54) is 6.07 Å². The van der Waals surface area contributed by atoms with E-state index in [0.29, 0.717) is 11.1 Å². The summed E-state index contributed by atoms with van der Waals surface area (Å²) in [5.41, 5.74) is 1.50. The van der Waals surface area contributed by atoms with E-state index < -0.39 is 9.05 Å². The summed E-state index contributed by atoms with van der Waals surface area (Å²) in [6, 6.07) is 4.96. The van der Waals surface area contributed by atoms with Crippen LogP contribution in [0.3, 0.4) is 0 Å². The molecule has 0 aliphatic carbocycles. The van der Waals surface area contributed by atoms with Gasteiger partial charge in [-0.2, -0.15) is 5.26 Å². The van der Waals surface area contributed by atoms with Gasteiger partial charge in [0.2, 0.25) is 0 Å². The Hall–Kier alpha value is -0.570. The Kier molecular flexibility index (Phi) is 3.77. The van der Waals surface area contributed by atoms with Crippen LogP contribution in [-0.2, 0) is 14.4 Å². The molecule has 0 unspecified atom stereocenters. The molecule has 6 heteroatoms. The molecule has 0 fully saturated rings. The molecule has 0 aromatic heterocycles. The SMILES string of the molecule is Cc1ccc(S(=O)(=O)Cl)c(CBr)c1C#N. The van der Waals surface area contributed by atoms with E-state index in [1.807, 2.05) is 6.07 Å². The molecule has 3 nitrogen and oxygen atoms in total. The molecule has 0 spiro atoms. The van der Waals surface area contributed by atoms with Crippen molar-refractivity contribution in [2.75, 3.05) is 0 Å². The first-order chi connectivity index (χ1) is 6.91. The maximum atomic E-state index is 11.2. The largest absolute Gasteiger partial charge is 0.261 e. The molecule has 0 radical (unpaired) electrons. The lowest BCUT2D eigenvalue weighted by Gasteiger charge is -2.07. The van der Waals surface area contributed by atoms with Gasteiger partial charge >= 0.3 is 0 Å². The van der Waals surface area contributed by atoms with Crippen LogP contribution in [0.2, 0.25) is 0 Å². The molecule has 0 N–H and O–H groups in total. The highest BCUT2D eigenvalue weighted by Gasteiger charge is 2.19. The van der Waals surface area contributed by atoms with Crippen molar-refractivity contribution in [1.82, 2.24) is 0 Å². The van der Waals surface area contributed by atoms with Crippen molar-refractivity contribution in [3.8, 4) is 6.07 Å². The van der Waals surface area contributed by atoms with Crippen molar-refractivity contribution >= 4 is 35.7 Å². The van der Waals surface area contributed by atoms with Crippen LogP contribution in [0.5, 0.6) is 0 Å². The van der Waals surface area contributed by atoms with Gasteiger partial charge in [-0.05, 0) is 18.6 Å². The van der Waals surface area contributed by atoms with Crippen LogP contribution in [0, 0.1) is 18.3 Å². The van der Waals surface area contributed by atoms with E-state index >= 15 is 0 Å². The number of rotatable bonds is 2. The van der Waals surface area contributed by atoms with Gasteiger partial charge in [0.1, 0.15) is 0 Å². The van der Waals surface area contributed by atoms with Crippen LogP contribution in [0.15, 0.2) is 17.0 Å². The second kappa shape index (κ2) is 4.52. The van der Waals surface area contributed by atoms with Crippen LogP contribution in [0.1, 0.15) is 16.7 Å². The van der Waals surface area contributed by atoms with Gasteiger partial charge in [-0.15, -0.1) is 0 Å². The number of nitriles is 1. The molecule has 0 saturated heterocycles. The van der Waals surface area contributed by atoms with Crippen molar-refractivity contribution in [2.45, 2.75) is 17.1 Å². The molecule has 0 atom stereocenters. The first-order valence-electron chi connectivity index (χ1n) is 3.95. The third kappa shape index (κ3) is 2.51. The second-order valence-corrected chi connectivity index (χ2v) is 6.01. The lowest BCUT2D eigenvalue weighted by molar-refractivity contribution is 0.609. The fourth-order valence-corrected chi connectivity index (χ4v) is 3.16. The van der Waals surface area contributed by atoms with Crippen molar-refractivity contribution in [3.63, 3.8) is 0 Å². The number of hydrogen-bond acceptors (Lipinski definition) is 3. The summed E-state index contributed by atoms with van der Waals surface area (Å²) in [7, 11) is 1.46. The second-order valence-electron chi connectivity index (χ2n) is 2.92. The van der Waals surface area contributed by atoms with Gasteiger partial charge in [-0.25, -0.2) is 8.42 Å². The highest BCUT2D eigenvalue weighted by Crippen LogP contribution is 2.27. The van der Waals surface area contributed by atoms with Crippen molar-refractivity contribution in [1.29, 1.82) is 5.26 Å². The third-order valence-corrected chi connectivity index (χ3v) is 3.95. The van der Waals surface area contributed by atoms with Crippen LogP contribution in [0.4, 0.5) is 0 Å². The number of hydrogen-bond donors (Lipinski definition) is 0. The Morgan fingerprint density at radius 3 is 2.53 bits per heavy atom. The maximum Gasteiger partial charge on any atom is 0.261 e. The van der Waals surface area contributed by atoms with E-state index in [1.54, 1.807) is 13.0 Å². The smallest absolute Gasteiger partial charge is 0.207 e. The average molecular weight is 309 g/mol. The van der Waals surface area contributed by atoms with Crippen LogP contribution in [0.25, 0.3) is 0 Å². The van der Waals surface area contributed by atoms with Gasteiger partial charge in [-0.3, -0.25) is 0 Å². The van der Waals surface area contributed by atoms with E-state index in [2.05, 4.69) is 15.9 Å². The number of benzene rings is 1. The third-order valence-electron chi connectivity index (χ3n) is 1.99. The van der Waals surface area contributed by atoms with E-state index in [-0.39, 0.29) is 10.2 Å². The molecule has 15 heavy (non-hydrogen) atoms. The Morgan fingerprint density at radius 1 is 1.53 bits per heavy atom. The normalized spacial score (nSPS) is 11.1. The fraction of sp³-hybridized carbons (Fsp3) is 0.222. The Bertz CT molecular complexity index is 534. The molecule has 0 bridgehead atoms. The highest BCUT2D eigenvalue weighted by molar-refractivity contribution is 9.08. The molecule has 0 amide bonds. The molecule has 80 valence electrons. The zero-order chi connectivity index (χ0) is 11.6. The molecule has 0 saturated carbocycles. The summed E-state index contributed by atoms with van der Waals surface area (Å²) >= 11 is 3.15. The Balaban J connectivity index is 3.66. The molecule has 0 aliphatic heterocycles. The minimum atomic E-state index is -3.80. The van der Waals surface area contributed by atoms with E-state index in [9.17, 15) is 8.42 Å². The topological polar surface area (TPSA) is 57.9 Å². The molecule has 1 rings (SSSR count). The van der Waals surface area contributed by atoms with Crippen LogP contribution in [-0.4, -0.2) is 8.42 Å². The summed E-state index contributed by atoms with van der Waals surface area (Å²) in [4.78, 5) is -0.0109. The summed E-state index contributed by atoms with van der Waals surface area (Å²) in [6.45, 7) is 1.75. The summed E-state index contributed by atoms with van der Waals surface area (Å²) in [6.07, 6.45) is 0. The molecule has 0 aliphatic rings. The first kappa shape index (κ1) is 12.5. The standard InChI is InChI=1S/C9H7BrClNO2S/c1-6-2-3-9(15(11,13)14)7(4-10)8(6)5-12/h2-3H,4H2,1H3. The Morgan fingerprint density at radius 2 is 2.13 bits per heavy atom. The first-order valence-corrected chi connectivity index (χ1v) is 7.38. The van der Waals surface area contributed by atoms with Crippen LogP contribution < -0.4 is 0 Å². The lowest BCUT2D eigenvalue weighted by Crippen LogP contribution is -2.01. The zero-order valence-electron chi connectivity index (χ0n) is 7.79. The van der Waals surface area contributed by atoms with E-state index in [0.717, 1.165) is 5.56 Å². The highest BCUT2D eigenvalue weighted by atomic mass is 79.9. The van der Waals surface area contributed by atoms with Crippen molar-refractivity contribution in [2.24, 2.45) is 0 Å². The average Bonchev–Trinajstić information content (AvgIpc) is 2.15. The predicted octanol–water partition coefficient (Wildman–Crippen LogP) is 2.69. The summed E-state index contributed by atoms with van der Waals surface area (Å²) in [5, 5.41) is 9.19. The summed E-state index contributed by atoms with van der Waals surface area (Å²) in [5.74, 6) is 0. The van der Waals surface area contributed by atoms with Gasteiger partial charge in [-0.1, -0.05) is 22.0 Å². The molecule has 1 aromatic carbocycles. The van der Waals surface area contributed by atoms with Crippen LogP contribution >= 0.6 is 26.6 Å². The minimum absolute atomic E-state index is 0.0109. The number of alkyl halides is 1. The van der Waals surface area contributed by atoms with Crippen molar-refractivity contribution < 1.29 is 8.42 Å². The molecular formula is C9H7BrClNO2S. The minimum Gasteiger partial charge on any atom is -0.207 e. The maximum absolute atomic E-state index is 11.2. The monoisotopic (exact) mass is 307 g/mol. The number of nitrogens with zero attached hydrogens (tertiary/aromatic N) is 1. The van der Waals surface area contributed by atoms with Gasteiger partial charge in [0.05, 0.1) is 16.5 Å². The molecular weight excluding hydrogens is 302 g/mol. The number of halogens is 2. The van der Waals surface area contributed by atoms with E-state index in [4.69, 9.17) is 15.9 Å². The van der Waals surface area contributed by atoms with Gasteiger partial charge in [0.25, 0.3) is 9.05 Å². The quantitative estimate of drug-likeness (QED) is 0.623. The lowest BCUT2D eigenvalue weighted by atomic mass is 10.0. The van der Waals surface area contributed by atoms with Gasteiger partial charge < -0.3 is 0 Å². The zero-order valence-corrected chi connectivity index (χ0v) is 10.9. The Labute approximate surface area is 101 Å². The van der Waals surface area contributed by atoms with Crippen molar-refractivity contribution in [3.05, 3.63) is 28.8 Å². The summed E-state index contributed by atoms with van der Waals surface area (Å²) < 4.78 is 22.5. The fourth-order valence-electron chi connectivity index (χ4n) is 1.26. The van der Waals surface area contributed by atoms with Gasteiger partial charge in [0.15, 0.2) is 0 Å². The molecule has 0 heterocycles. The number of aryl methyl sites for hydroxylation is 1. The van der Waals surface area contributed by atoms with Gasteiger partial charge in [0, 0.05) is 21.6 Å². The molecule has 1 aromatic rings. The predicted molar refractivity (Wildman–Crippen MR) is 61.6 cm³/mol.